The van der Waals surface area contributed by atoms with Crippen LogP contribution in [0.5, 0.6) is 0 Å². The van der Waals surface area contributed by atoms with Gasteiger partial charge in [0.25, 0.3) is 0 Å². The molecule has 0 saturated carbocycles. The van der Waals surface area contributed by atoms with Gasteiger partial charge in [-0.2, -0.15) is 4.39 Å². The summed E-state index contributed by atoms with van der Waals surface area (Å²) in [6.07, 6.45) is 0.225. The molecule has 46 valence electrons. The molecule has 0 aromatic carbocycles. The van der Waals surface area contributed by atoms with Crippen LogP contribution in [0, 0.1) is 0 Å². The first-order valence-corrected chi connectivity index (χ1v) is 2.47. The van der Waals surface area contributed by atoms with Gasteiger partial charge in [-0.3, -0.25) is 0 Å². The lowest BCUT2D eigenvalue weighted by molar-refractivity contribution is 0.348. The van der Waals surface area contributed by atoms with Crippen molar-refractivity contribution in [2.45, 2.75) is 6.42 Å². The smallest absolute Gasteiger partial charge is 0.221 e. The molecule has 1 aliphatic heterocycles. The summed E-state index contributed by atoms with van der Waals surface area (Å²) >= 11 is 0. The van der Waals surface area contributed by atoms with Gasteiger partial charge >= 0.3 is 0 Å². The Hall–Kier alpha value is -0.600. The lowest BCUT2D eigenvalue weighted by Gasteiger charge is -2.05. The Kier molecular flexibility index (Phi) is 1.19. The minimum Gasteiger partial charge on any atom is -0.349 e. The summed E-state index contributed by atoms with van der Waals surface area (Å²) in [6.45, 7) is 0.470. The molecule has 0 aliphatic carbocycles. The highest BCUT2D eigenvalue weighted by Crippen LogP contribution is 2.22. The predicted octanol–water partition coefficient (Wildman–Crippen LogP) is 1.43. The van der Waals surface area contributed by atoms with Crippen LogP contribution < -0.4 is 0 Å². The molecule has 8 heavy (non-hydrogen) atoms. The fourth-order valence-corrected chi connectivity index (χ4v) is 0.674. The topological polar surface area (TPSA) is 3.24 Å². The van der Waals surface area contributed by atoms with E-state index in [9.17, 15) is 8.78 Å². The van der Waals surface area contributed by atoms with Crippen LogP contribution in [0.3, 0.4) is 0 Å². The van der Waals surface area contributed by atoms with Crippen LogP contribution in [0.25, 0.3) is 0 Å². The maximum atomic E-state index is 12.1. The summed E-state index contributed by atoms with van der Waals surface area (Å²) < 4.78 is 24.2. The lowest BCUT2D eigenvalue weighted by atomic mass is 10.4. The Labute approximate surface area is 46.6 Å². The van der Waals surface area contributed by atoms with E-state index in [1.807, 2.05) is 0 Å². The Morgan fingerprint density at radius 2 is 2.12 bits per heavy atom. The average molecular weight is 119 g/mol. The minimum absolute atomic E-state index is 0.225. The van der Waals surface area contributed by atoms with Crippen LogP contribution in [0.1, 0.15) is 6.42 Å². The second-order valence-corrected chi connectivity index (χ2v) is 1.87. The van der Waals surface area contributed by atoms with E-state index < -0.39 is 11.8 Å². The molecule has 0 saturated heterocycles. The first-order chi connectivity index (χ1) is 3.72. The third-order valence-electron chi connectivity index (χ3n) is 1.23. The highest BCUT2D eigenvalue weighted by atomic mass is 19.2. The van der Waals surface area contributed by atoms with E-state index in [0.717, 1.165) is 0 Å². The van der Waals surface area contributed by atoms with Crippen LogP contribution in [0.4, 0.5) is 8.78 Å². The van der Waals surface area contributed by atoms with E-state index in [1.54, 1.807) is 0 Å². The zero-order valence-electron chi connectivity index (χ0n) is 4.62. The van der Waals surface area contributed by atoms with Gasteiger partial charge in [-0.25, -0.2) is 4.39 Å². The van der Waals surface area contributed by atoms with E-state index in [-0.39, 0.29) is 6.42 Å². The fraction of sp³-hybridized carbons (Fsp3) is 0.600. The van der Waals surface area contributed by atoms with Gasteiger partial charge in [0.2, 0.25) is 5.95 Å². The standard InChI is InChI=1S/C5H7F2N/c1-8-3-2-4(6)5(8)7/h2-3H2,1H3. The van der Waals surface area contributed by atoms with Gasteiger partial charge in [0.15, 0.2) is 5.83 Å². The molecule has 0 aromatic heterocycles. The van der Waals surface area contributed by atoms with Crippen molar-refractivity contribution < 1.29 is 8.78 Å². The predicted molar refractivity (Wildman–Crippen MR) is 26.5 cm³/mol. The Morgan fingerprint density at radius 1 is 1.50 bits per heavy atom. The van der Waals surface area contributed by atoms with Crippen LogP contribution >= 0.6 is 0 Å². The molecule has 1 nitrogen and oxygen atoms in total. The van der Waals surface area contributed by atoms with Crippen molar-refractivity contribution in [2.75, 3.05) is 13.6 Å². The number of hydrogen-bond donors (Lipinski definition) is 0. The monoisotopic (exact) mass is 119 g/mol. The van der Waals surface area contributed by atoms with Crippen molar-refractivity contribution in [1.29, 1.82) is 0 Å². The summed E-state index contributed by atoms with van der Waals surface area (Å²) in [4.78, 5) is 1.26. The number of hydrogen-bond acceptors (Lipinski definition) is 1. The molecule has 0 bridgehead atoms. The third kappa shape index (κ3) is 0.680. The summed E-state index contributed by atoms with van der Waals surface area (Å²) in [5, 5.41) is 0. The second-order valence-electron chi connectivity index (χ2n) is 1.87. The highest BCUT2D eigenvalue weighted by Gasteiger charge is 2.18. The first-order valence-electron chi connectivity index (χ1n) is 2.47. The van der Waals surface area contributed by atoms with E-state index in [1.165, 1.54) is 11.9 Å². The molecule has 0 radical (unpaired) electrons. The SMILES string of the molecule is CN1CCC(F)=C1F. The lowest BCUT2D eigenvalue weighted by Crippen LogP contribution is -2.09. The van der Waals surface area contributed by atoms with Crippen LogP contribution in [-0.2, 0) is 0 Å². The Morgan fingerprint density at radius 3 is 2.25 bits per heavy atom. The van der Waals surface area contributed by atoms with Gasteiger partial charge < -0.3 is 4.90 Å². The van der Waals surface area contributed by atoms with Gasteiger partial charge in [-0.05, 0) is 0 Å². The molecule has 0 atom stereocenters. The van der Waals surface area contributed by atoms with Gasteiger partial charge in [-0.15, -0.1) is 0 Å². The van der Waals surface area contributed by atoms with Crippen LogP contribution in [0.2, 0.25) is 0 Å². The Bertz CT molecular complexity index is 130. The van der Waals surface area contributed by atoms with E-state index in [0.29, 0.717) is 6.54 Å². The van der Waals surface area contributed by atoms with Crippen molar-refractivity contribution in [1.82, 2.24) is 4.90 Å². The zero-order valence-corrected chi connectivity index (χ0v) is 4.62. The molecule has 0 fully saturated rings. The third-order valence-corrected chi connectivity index (χ3v) is 1.23. The van der Waals surface area contributed by atoms with Crippen LogP contribution in [0.15, 0.2) is 11.8 Å². The van der Waals surface area contributed by atoms with Crippen LogP contribution in [-0.4, -0.2) is 18.5 Å². The largest absolute Gasteiger partial charge is 0.349 e. The van der Waals surface area contributed by atoms with E-state index in [2.05, 4.69) is 0 Å². The van der Waals surface area contributed by atoms with Crippen molar-refractivity contribution in [3.05, 3.63) is 11.8 Å². The molecule has 0 N–H and O–H groups in total. The van der Waals surface area contributed by atoms with Crippen molar-refractivity contribution in [3.8, 4) is 0 Å². The maximum Gasteiger partial charge on any atom is 0.221 e. The van der Waals surface area contributed by atoms with Gasteiger partial charge in [0, 0.05) is 20.0 Å². The molecule has 0 aromatic rings. The maximum absolute atomic E-state index is 12.1. The number of halogens is 2. The number of nitrogens with zero attached hydrogens (tertiary/aromatic N) is 1. The number of rotatable bonds is 0. The first kappa shape index (κ1) is 5.54. The van der Waals surface area contributed by atoms with Gasteiger partial charge in [0.05, 0.1) is 0 Å². The molecule has 0 spiro atoms. The minimum atomic E-state index is -0.704. The molecule has 3 heteroatoms. The van der Waals surface area contributed by atoms with Gasteiger partial charge in [-0.1, -0.05) is 0 Å². The summed E-state index contributed by atoms with van der Waals surface area (Å²) in [5.74, 6) is -1.32. The highest BCUT2D eigenvalue weighted by molar-refractivity contribution is 5.04. The van der Waals surface area contributed by atoms with E-state index in [4.69, 9.17) is 0 Å². The van der Waals surface area contributed by atoms with Crippen molar-refractivity contribution in [2.24, 2.45) is 0 Å². The molecular formula is C5H7F2N. The molecule has 1 rings (SSSR count). The normalized spacial score (nSPS) is 20.6. The molecule has 1 aliphatic rings. The molecular weight excluding hydrogens is 112 g/mol. The molecule has 1 heterocycles. The van der Waals surface area contributed by atoms with Gasteiger partial charge in [0.1, 0.15) is 0 Å². The fourth-order valence-electron chi connectivity index (χ4n) is 0.674. The van der Waals surface area contributed by atoms with Crippen molar-refractivity contribution in [3.63, 3.8) is 0 Å². The summed E-state index contributed by atoms with van der Waals surface area (Å²) in [7, 11) is 1.53. The second kappa shape index (κ2) is 1.73. The summed E-state index contributed by atoms with van der Waals surface area (Å²) in [6, 6.07) is 0. The quantitative estimate of drug-likeness (QED) is 0.436. The molecule has 0 unspecified atom stereocenters. The summed E-state index contributed by atoms with van der Waals surface area (Å²) in [5.41, 5.74) is 0. The Balaban J connectivity index is 2.71. The molecule has 0 amide bonds. The average Bonchev–Trinajstić information content (AvgIpc) is 1.98. The zero-order chi connectivity index (χ0) is 6.15. The van der Waals surface area contributed by atoms with Crippen molar-refractivity contribution >= 4 is 0 Å². The van der Waals surface area contributed by atoms with E-state index >= 15 is 0 Å².